The molecule has 6 nitrogen and oxygen atoms in total. The number of nitrogens with one attached hydrogen (secondary N) is 1. The van der Waals surface area contributed by atoms with E-state index < -0.39 is 24.0 Å². The van der Waals surface area contributed by atoms with Gasteiger partial charge in [-0.1, -0.05) is 31.4 Å². The maximum Gasteiger partial charge on any atom is 0.331 e. The molecule has 6 heteroatoms. The summed E-state index contributed by atoms with van der Waals surface area (Å²) in [6, 6.07) is 9.36. The quantitative estimate of drug-likeness (QED) is 0.634. The highest BCUT2D eigenvalue weighted by atomic mass is 16.5. The Kier molecular flexibility index (Phi) is 6.58. The highest BCUT2D eigenvalue weighted by Crippen LogP contribution is 2.27. The number of hydrogen-bond acceptors (Lipinski definition) is 5. The number of carbonyl (C=O) groups is 2. The number of amides is 1. The Morgan fingerprint density at radius 2 is 1.92 bits per heavy atom. The van der Waals surface area contributed by atoms with Gasteiger partial charge < -0.3 is 14.8 Å². The van der Waals surface area contributed by atoms with E-state index in [1.807, 2.05) is 0 Å². The molecule has 0 radical (unpaired) electrons. The lowest BCUT2D eigenvalue weighted by Gasteiger charge is -2.31. The fraction of sp³-hybridized carbons (Fsp3) is 0.421. The first kappa shape index (κ1) is 18.5. The summed E-state index contributed by atoms with van der Waals surface area (Å²) < 4.78 is 9.99. The van der Waals surface area contributed by atoms with Crippen LogP contribution in [0.5, 0.6) is 5.75 Å². The van der Waals surface area contributed by atoms with E-state index in [1.54, 1.807) is 37.5 Å². The van der Waals surface area contributed by atoms with E-state index in [1.165, 1.54) is 6.08 Å². The van der Waals surface area contributed by atoms with Crippen LogP contribution in [-0.2, 0) is 14.3 Å². The first-order valence-corrected chi connectivity index (χ1v) is 8.28. The van der Waals surface area contributed by atoms with Crippen molar-refractivity contribution in [3.05, 3.63) is 35.9 Å². The molecule has 2 rings (SSSR count). The molecule has 1 aliphatic carbocycles. The smallest absolute Gasteiger partial charge is 0.331 e. The lowest BCUT2D eigenvalue weighted by Crippen LogP contribution is -2.49. The van der Waals surface area contributed by atoms with E-state index >= 15 is 0 Å². The minimum Gasteiger partial charge on any atom is -0.497 e. The average Bonchev–Trinajstić information content (AvgIpc) is 2.66. The number of nitrogens with zero attached hydrogens (tertiary/aromatic N) is 1. The van der Waals surface area contributed by atoms with Gasteiger partial charge in [-0.2, -0.15) is 5.26 Å². The molecule has 1 amide bonds. The Labute approximate surface area is 147 Å². The Bertz CT molecular complexity index is 668. The van der Waals surface area contributed by atoms with Crippen molar-refractivity contribution in [2.75, 3.05) is 13.7 Å². The molecule has 1 N–H and O–H groups in total. The maximum absolute atomic E-state index is 11.9. The highest BCUT2D eigenvalue weighted by Gasteiger charge is 2.33. The molecular weight excluding hydrogens is 320 g/mol. The molecule has 1 aromatic rings. The van der Waals surface area contributed by atoms with Crippen LogP contribution in [0.15, 0.2) is 30.3 Å². The van der Waals surface area contributed by atoms with Gasteiger partial charge in [0.2, 0.25) is 0 Å². The summed E-state index contributed by atoms with van der Waals surface area (Å²) in [5, 5.41) is 12.0. The second-order valence-electron chi connectivity index (χ2n) is 6.02. The Balaban J connectivity index is 1.79. The number of carbonyl (C=O) groups excluding carboxylic acids is 2. The Morgan fingerprint density at radius 1 is 1.24 bits per heavy atom. The summed E-state index contributed by atoms with van der Waals surface area (Å²) in [5.74, 6) is -0.333. The molecule has 0 saturated heterocycles. The summed E-state index contributed by atoms with van der Waals surface area (Å²) >= 11 is 0. The SMILES string of the molecule is COc1ccc(/C=C/C(=O)OCC(=O)NC2(C#N)CCCCC2)cc1. The summed E-state index contributed by atoms with van der Waals surface area (Å²) in [5.41, 5.74) is -0.00596. The largest absolute Gasteiger partial charge is 0.497 e. The number of benzene rings is 1. The van der Waals surface area contributed by atoms with Crippen LogP contribution in [-0.4, -0.2) is 31.1 Å². The predicted octanol–water partition coefficient (Wildman–Crippen LogP) is 2.59. The summed E-state index contributed by atoms with van der Waals surface area (Å²) in [6.07, 6.45) is 7.04. The van der Waals surface area contributed by atoms with E-state index in [-0.39, 0.29) is 0 Å². The van der Waals surface area contributed by atoms with Crippen molar-refractivity contribution >= 4 is 18.0 Å². The lowest BCUT2D eigenvalue weighted by atomic mass is 9.83. The average molecular weight is 342 g/mol. The third-order valence-electron chi connectivity index (χ3n) is 4.17. The van der Waals surface area contributed by atoms with Crippen molar-refractivity contribution in [3.8, 4) is 11.8 Å². The fourth-order valence-corrected chi connectivity index (χ4v) is 2.79. The number of hydrogen-bond donors (Lipinski definition) is 1. The van der Waals surface area contributed by atoms with Crippen molar-refractivity contribution in [1.82, 2.24) is 5.32 Å². The molecule has 132 valence electrons. The molecule has 0 aromatic heterocycles. The van der Waals surface area contributed by atoms with Crippen molar-refractivity contribution in [3.63, 3.8) is 0 Å². The van der Waals surface area contributed by atoms with Gasteiger partial charge >= 0.3 is 5.97 Å². The van der Waals surface area contributed by atoms with Crippen LogP contribution in [0, 0.1) is 11.3 Å². The molecule has 0 aliphatic heterocycles. The van der Waals surface area contributed by atoms with E-state index in [0.717, 1.165) is 30.6 Å². The maximum atomic E-state index is 11.9. The van der Waals surface area contributed by atoms with Gasteiger partial charge in [0.15, 0.2) is 6.61 Å². The molecule has 0 heterocycles. The van der Waals surface area contributed by atoms with Crippen LogP contribution in [0.1, 0.15) is 37.7 Å². The van der Waals surface area contributed by atoms with Gasteiger partial charge in [-0.15, -0.1) is 0 Å². The van der Waals surface area contributed by atoms with Gasteiger partial charge in [0.05, 0.1) is 13.2 Å². The molecule has 0 unspecified atom stereocenters. The second kappa shape index (κ2) is 8.88. The first-order valence-electron chi connectivity index (χ1n) is 8.28. The van der Waals surface area contributed by atoms with Crippen LogP contribution >= 0.6 is 0 Å². The summed E-state index contributed by atoms with van der Waals surface area (Å²) in [6.45, 7) is -0.394. The van der Waals surface area contributed by atoms with Crippen molar-refractivity contribution < 1.29 is 19.1 Å². The first-order chi connectivity index (χ1) is 12.1. The number of rotatable bonds is 6. The monoisotopic (exact) mass is 342 g/mol. The standard InChI is InChI=1S/C19H22N2O4/c1-24-16-8-5-15(6-9-16)7-10-18(23)25-13-17(22)21-19(14-20)11-3-2-4-12-19/h5-10H,2-4,11-13H2,1H3,(H,21,22)/b10-7+. The van der Waals surface area contributed by atoms with Gasteiger partial charge in [-0.3, -0.25) is 4.79 Å². The predicted molar refractivity (Wildman–Crippen MR) is 92.6 cm³/mol. The van der Waals surface area contributed by atoms with E-state index in [0.29, 0.717) is 12.8 Å². The Morgan fingerprint density at radius 3 is 2.52 bits per heavy atom. The topological polar surface area (TPSA) is 88.4 Å². The number of esters is 1. The number of ether oxygens (including phenoxy) is 2. The van der Waals surface area contributed by atoms with Crippen LogP contribution in [0.4, 0.5) is 0 Å². The zero-order valence-corrected chi connectivity index (χ0v) is 14.3. The summed E-state index contributed by atoms with van der Waals surface area (Å²) in [7, 11) is 1.58. The normalized spacial score (nSPS) is 16.0. The van der Waals surface area contributed by atoms with Gasteiger partial charge in [0, 0.05) is 6.08 Å². The molecule has 1 fully saturated rings. The minimum absolute atomic E-state index is 0.394. The second-order valence-corrected chi connectivity index (χ2v) is 6.02. The fourth-order valence-electron chi connectivity index (χ4n) is 2.79. The molecule has 25 heavy (non-hydrogen) atoms. The van der Waals surface area contributed by atoms with Crippen LogP contribution in [0.2, 0.25) is 0 Å². The summed E-state index contributed by atoms with van der Waals surface area (Å²) in [4.78, 5) is 23.7. The lowest BCUT2D eigenvalue weighted by molar-refractivity contribution is -0.144. The molecule has 0 bridgehead atoms. The zero-order valence-electron chi connectivity index (χ0n) is 14.3. The molecule has 1 saturated carbocycles. The van der Waals surface area contributed by atoms with Gasteiger partial charge in [-0.25, -0.2) is 4.79 Å². The third-order valence-corrected chi connectivity index (χ3v) is 4.17. The van der Waals surface area contributed by atoms with Crippen LogP contribution in [0.25, 0.3) is 6.08 Å². The number of nitriles is 1. The van der Waals surface area contributed by atoms with Crippen molar-refractivity contribution in [2.24, 2.45) is 0 Å². The van der Waals surface area contributed by atoms with Gasteiger partial charge in [0.25, 0.3) is 5.91 Å². The third kappa shape index (κ3) is 5.64. The van der Waals surface area contributed by atoms with Crippen molar-refractivity contribution in [1.29, 1.82) is 5.26 Å². The van der Waals surface area contributed by atoms with E-state index in [2.05, 4.69) is 11.4 Å². The molecular formula is C19H22N2O4. The van der Waals surface area contributed by atoms with Crippen molar-refractivity contribution in [2.45, 2.75) is 37.6 Å². The minimum atomic E-state index is -0.819. The Hall–Kier alpha value is -2.81. The van der Waals surface area contributed by atoms with Crippen LogP contribution in [0.3, 0.4) is 0 Å². The zero-order chi connectivity index (χ0) is 18.1. The number of methoxy groups -OCH3 is 1. The van der Waals surface area contributed by atoms with E-state index in [9.17, 15) is 14.9 Å². The molecule has 0 atom stereocenters. The molecule has 1 aliphatic rings. The van der Waals surface area contributed by atoms with Gasteiger partial charge in [-0.05, 0) is 36.6 Å². The molecule has 1 aromatic carbocycles. The van der Waals surface area contributed by atoms with Gasteiger partial charge in [0.1, 0.15) is 11.3 Å². The van der Waals surface area contributed by atoms with E-state index in [4.69, 9.17) is 9.47 Å². The highest BCUT2D eigenvalue weighted by molar-refractivity contribution is 5.89. The van der Waals surface area contributed by atoms with Crippen LogP contribution < -0.4 is 10.1 Å². The molecule has 0 spiro atoms.